The smallest absolute Gasteiger partial charge is 0.293 e. The zero-order chi connectivity index (χ0) is 11.7. The molecule has 0 spiro atoms. The van der Waals surface area contributed by atoms with E-state index in [-0.39, 0.29) is 10.6 Å². The van der Waals surface area contributed by atoms with E-state index in [1.807, 2.05) is 12.3 Å². The van der Waals surface area contributed by atoms with E-state index in [4.69, 9.17) is 0 Å². The largest absolute Gasteiger partial charge is 0.355 e. The van der Waals surface area contributed by atoms with E-state index in [0.29, 0.717) is 11.4 Å². The van der Waals surface area contributed by atoms with Crippen molar-refractivity contribution in [1.82, 2.24) is 4.98 Å². The Balaban J connectivity index is 2.57. The molecule has 1 N–H and O–H groups in total. The number of aromatic nitrogens is 1. The van der Waals surface area contributed by atoms with Crippen molar-refractivity contribution in [3.05, 3.63) is 40.1 Å². The lowest BCUT2D eigenvalue weighted by Crippen LogP contribution is -1.92. The third kappa shape index (κ3) is 1.78. The monoisotopic (exact) mass is 218 g/mol. The van der Waals surface area contributed by atoms with Crippen LogP contribution in [0.25, 0.3) is 10.9 Å². The molecule has 1 aromatic heterocycles. The Morgan fingerprint density at radius 2 is 2.19 bits per heavy atom. The SMILES string of the molecule is CC(C)Cc1c[nH]c2c([N+](=O)[O-])cccc12. The molecule has 0 aliphatic rings. The number of nitro benzene ring substituents is 1. The highest BCUT2D eigenvalue weighted by Gasteiger charge is 2.15. The highest BCUT2D eigenvalue weighted by atomic mass is 16.6. The Bertz CT molecular complexity index is 529. The van der Waals surface area contributed by atoms with Gasteiger partial charge in [0.25, 0.3) is 5.69 Å². The normalized spacial score (nSPS) is 11.2. The molecule has 0 atom stereocenters. The second kappa shape index (κ2) is 3.96. The number of benzene rings is 1. The summed E-state index contributed by atoms with van der Waals surface area (Å²) in [7, 11) is 0. The molecule has 4 heteroatoms. The van der Waals surface area contributed by atoms with Gasteiger partial charge in [0.2, 0.25) is 0 Å². The van der Waals surface area contributed by atoms with Gasteiger partial charge in [-0.3, -0.25) is 10.1 Å². The van der Waals surface area contributed by atoms with Crippen molar-refractivity contribution >= 4 is 16.6 Å². The van der Waals surface area contributed by atoms with Gasteiger partial charge in [0.05, 0.1) is 4.92 Å². The Kier molecular flexibility index (Phi) is 2.64. The average molecular weight is 218 g/mol. The van der Waals surface area contributed by atoms with Crippen molar-refractivity contribution in [3.63, 3.8) is 0 Å². The van der Waals surface area contributed by atoms with Crippen LogP contribution in [-0.4, -0.2) is 9.91 Å². The summed E-state index contributed by atoms with van der Waals surface area (Å²) in [6.07, 6.45) is 2.80. The van der Waals surface area contributed by atoms with Crippen molar-refractivity contribution in [3.8, 4) is 0 Å². The van der Waals surface area contributed by atoms with Crippen molar-refractivity contribution in [2.24, 2.45) is 5.92 Å². The van der Waals surface area contributed by atoms with Crippen molar-refractivity contribution < 1.29 is 4.92 Å². The molecule has 0 aliphatic carbocycles. The van der Waals surface area contributed by atoms with E-state index >= 15 is 0 Å². The van der Waals surface area contributed by atoms with Crippen LogP contribution in [0, 0.1) is 16.0 Å². The van der Waals surface area contributed by atoms with Crippen LogP contribution >= 0.6 is 0 Å². The first-order valence-electron chi connectivity index (χ1n) is 5.33. The topological polar surface area (TPSA) is 58.9 Å². The molecule has 2 aromatic rings. The minimum absolute atomic E-state index is 0.146. The van der Waals surface area contributed by atoms with Gasteiger partial charge in [0, 0.05) is 17.6 Å². The van der Waals surface area contributed by atoms with E-state index in [9.17, 15) is 10.1 Å². The fraction of sp³-hybridized carbons (Fsp3) is 0.333. The Labute approximate surface area is 93.4 Å². The minimum Gasteiger partial charge on any atom is -0.355 e. The first-order valence-corrected chi connectivity index (χ1v) is 5.33. The number of hydrogen-bond donors (Lipinski definition) is 1. The number of aromatic amines is 1. The number of fused-ring (bicyclic) bond motifs is 1. The number of non-ortho nitro benzene ring substituents is 1. The number of nitrogens with one attached hydrogen (secondary N) is 1. The van der Waals surface area contributed by atoms with Gasteiger partial charge < -0.3 is 4.98 Å². The maximum Gasteiger partial charge on any atom is 0.293 e. The van der Waals surface area contributed by atoms with Crippen LogP contribution in [-0.2, 0) is 6.42 Å². The standard InChI is InChI=1S/C12H14N2O2/c1-8(2)6-9-7-13-12-10(9)4-3-5-11(12)14(15)16/h3-5,7-8,13H,6H2,1-2H3. The highest BCUT2D eigenvalue weighted by molar-refractivity contribution is 5.90. The summed E-state index contributed by atoms with van der Waals surface area (Å²) in [6, 6.07) is 5.19. The molecule has 4 nitrogen and oxygen atoms in total. The van der Waals surface area contributed by atoms with Gasteiger partial charge in [-0.1, -0.05) is 26.0 Å². The summed E-state index contributed by atoms with van der Waals surface area (Å²) >= 11 is 0. The lowest BCUT2D eigenvalue weighted by molar-refractivity contribution is -0.383. The molecule has 16 heavy (non-hydrogen) atoms. The third-order valence-electron chi connectivity index (χ3n) is 2.60. The molecule has 0 fully saturated rings. The molecule has 0 saturated carbocycles. The predicted octanol–water partition coefficient (Wildman–Crippen LogP) is 3.27. The van der Waals surface area contributed by atoms with Gasteiger partial charge in [-0.25, -0.2) is 0 Å². The van der Waals surface area contributed by atoms with Crippen molar-refractivity contribution in [1.29, 1.82) is 0 Å². The fourth-order valence-corrected chi connectivity index (χ4v) is 1.96. The average Bonchev–Trinajstić information content (AvgIpc) is 2.60. The lowest BCUT2D eigenvalue weighted by Gasteiger charge is -2.02. The number of H-pyrrole nitrogens is 1. The molecule has 1 heterocycles. The van der Waals surface area contributed by atoms with Crippen molar-refractivity contribution in [2.75, 3.05) is 0 Å². The molecule has 0 unspecified atom stereocenters. The zero-order valence-electron chi connectivity index (χ0n) is 9.36. The molecule has 0 amide bonds. The van der Waals surface area contributed by atoms with Crippen molar-refractivity contribution in [2.45, 2.75) is 20.3 Å². The first kappa shape index (κ1) is 10.7. The number of rotatable bonds is 3. The lowest BCUT2D eigenvalue weighted by atomic mass is 10.0. The van der Waals surface area contributed by atoms with E-state index in [0.717, 1.165) is 17.4 Å². The predicted molar refractivity (Wildman–Crippen MR) is 63.5 cm³/mol. The number of nitro groups is 1. The summed E-state index contributed by atoms with van der Waals surface area (Å²) in [6.45, 7) is 4.27. The maximum atomic E-state index is 10.8. The molecule has 0 bridgehead atoms. The van der Waals surface area contributed by atoms with Crippen LogP contribution in [0.15, 0.2) is 24.4 Å². The Morgan fingerprint density at radius 3 is 2.81 bits per heavy atom. The summed E-state index contributed by atoms with van der Waals surface area (Å²) in [5, 5.41) is 11.8. The summed E-state index contributed by atoms with van der Waals surface area (Å²) in [5.74, 6) is 0.540. The van der Waals surface area contributed by atoms with E-state index in [1.165, 1.54) is 6.07 Å². The second-order valence-electron chi connectivity index (χ2n) is 4.37. The van der Waals surface area contributed by atoms with Gasteiger partial charge in [0.15, 0.2) is 0 Å². The number of hydrogen-bond acceptors (Lipinski definition) is 2. The van der Waals surface area contributed by atoms with Crippen LogP contribution in [0.3, 0.4) is 0 Å². The van der Waals surface area contributed by atoms with Gasteiger partial charge >= 0.3 is 0 Å². The van der Waals surface area contributed by atoms with Crippen LogP contribution in [0.1, 0.15) is 19.4 Å². The molecule has 0 radical (unpaired) electrons. The second-order valence-corrected chi connectivity index (χ2v) is 4.37. The van der Waals surface area contributed by atoms with Crippen LogP contribution in [0.2, 0.25) is 0 Å². The number of nitrogens with zero attached hydrogens (tertiary/aromatic N) is 1. The summed E-state index contributed by atoms with van der Waals surface area (Å²) < 4.78 is 0. The van der Waals surface area contributed by atoms with Crippen LogP contribution in [0.5, 0.6) is 0 Å². The third-order valence-corrected chi connectivity index (χ3v) is 2.60. The van der Waals surface area contributed by atoms with E-state index < -0.39 is 0 Å². The number of para-hydroxylation sites is 1. The van der Waals surface area contributed by atoms with E-state index in [2.05, 4.69) is 18.8 Å². The van der Waals surface area contributed by atoms with Gasteiger partial charge in [-0.05, 0) is 17.9 Å². The van der Waals surface area contributed by atoms with Gasteiger partial charge in [0.1, 0.15) is 5.52 Å². The van der Waals surface area contributed by atoms with Crippen LogP contribution < -0.4 is 0 Å². The van der Waals surface area contributed by atoms with Gasteiger partial charge in [-0.2, -0.15) is 0 Å². The molecule has 1 aromatic carbocycles. The maximum absolute atomic E-state index is 10.8. The van der Waals surface area contributed by atoms with Gasteiger partial charge in [-0.15, -0.1) is 0 Å². The molecular weight excluding hydrogens is 204 g/mol. The fourth-order valence-electron chi connectivity index (χ4n) is 1.96. The summed E-state index contributed by atoms with van der Waals surface area (Å²) in [5.41, 5.74) is 1.92. The summed E-state index contributed by atoms with van der Waals surface area (Å²) in [4.78, 5) is 13.5. The quantitative estimate of drug-likeness (QED) is 0.634. The minimum atomic E-state index is -0.349. The molecule has 2 rings (SSSR count). The molecule has 0 saturated heterocycles. The Morgan fingerprint density at radius 1 is 1.44 bits per heavy atom. The zero-order valence-corrected chi connectivity index (χ0v) is 9.36. The highest BCUT2D eigenvalue weighted by Crippen LogP contribution is 2.28. The molecule has 0 aliphatic heterocycles. The van der Waals surface area contributed by atoms with E-state index in [1.54, 1.807) is 6.07 Å². The Hall–Kier alpha value is -1.84. The van der Waals surface area contributed by atoms with Crippen LogP contribution in [0.4, 0.5) is 5.69 Å². The molecule has 84 valence electrons. The first-order chi connectivity index (χ1) is 7.59. The molecular formula is C12H14N2O2.